The van der Waals surface area contributed by atoms with Gasteiger partial charge in [-0.15, -0.1) is 0 Å². The average Bonchev–Trinajstić information content (AvgIpc) is 3.28. The first-order valence-corrected chi connectivity index (χ1v) is 10.2. The van der Waals surface area contributed by atoms with Crippen molar-refractivity contribution < 1.29 is 19.0 Å². The Bertz CT molecular complexity index is 1070. The summed E-state index contributed by atoms with van der Waals surface area (Å²) >= 11 is 0. The van der Waals surface area contributed by atoms with Gasteiger partial charge in [-0.3, -0.25) is 15.0 Å². The molecule has 0 saturated carbocycles. The van der Waals surface area contributed by atoms with E-state index in [4.69, 9.17) is 9.26 Å². The van der Waals surface area contributed by atoms with Crippen LogP contribution in [0.2, 0.25) is 0 Å². The molecule has 3 heterocycles. The molecule has 11 nitrogen and oxygen atoms in total. The Kier molecular flexibility index (Phi) is 6.36. The molecule has 0 aliphatic carbocycles. The van der Waals surface area contributed by atoms with Gasteiger partial charge in [-0.2, -0.15) is 4.98 Å². The fraction of sp³-hybridized carbons (Fsp3) is 0.333. The smallest absolute Gasteiger partial charge is 0.339 e. The fourth-order valence-electron chi connectivity index (χ4n) is 3.40. The van der Waals surface area contributed by atoms with E-state index in [9.17, 15) is 14.9 Å². The molecule has 166 valence electrons. The predicted molar refractivity (Wildman–Crippen MR) is 114 cm³/mol. The standard InChI is InChI=1S/C21H22N6O5/c1-2-31-21(28)16-5-8-18(22-13-16)26-11-9-25(10-12-26)14-19-23-20(24-32-19)15-3-6-17(7-4-15)27(29)30/h3-8,13H,2,9-12,14H2,1H3. The third kappa shape index (κ3) is 4.89. The van der Waals surface area contributed by atoms with Crippen LogP contribution >= 0.6 is 0 Å². The van der Waals surface area contributed by atoms with Crippen molar-refractivity contribution in [2.45, 2.75) is 13.5 Å². The molecule has 32 heavy (non-hydrogen) atoms. The lowest BCUT2D eigenvalue weighted by molar-refractivity contribution is -0.384. The molecule has 0 N–H and O–H groups in total. The van der Waals surface area contributed by atoms with Gasteiger partial charge in [-0.25, -0.2) is 9.78 Å². The number of nitro groups is 1. The lowest BCUT2D eigenvalue weighted by atomic mass is 10.2. The summed E-state index contributed by atoms with van der Waals surface area (Å²) in [5.74, 6) is 1.34. The number of esters is 1. The molecule has 0 bridgehead atoms. The number of carbonyl (C=O) groups is 1. The molecule has 0 spiro atoms. The molecule has 4 rings (SSSR count). The van der Waals surface area contributed by atoms with Crippen LogP contribution in [0, 0.1) is 10.1 Å². The predicted octanol–water partition coefficient (Wildman–Crippen LogP) is 2.54. The minimum absolute atomic E-state index is 0.0142. The van der Waals surface area contributed by atoms with E-state index in [1.165, 1.54) is 18.3 Å². The van der Waals surface area contributed by atoms with Crippen molar-refractivity contribution >= 4 is 17.5 Å². The van der Waals surface area contributed by atoms with Crippen LogP contribution in [0.4, 0.5) is 11.5 Å². The van der Waals surface area contributed by atoms with Crippen molar-refractivity contribution in [3.05, 3.63) is 64.2 Å². The molecular formula is C21H22N6O5. The molecule has 0 amide bonds. The van der Waals surface area contributed by atoms with Crippen LogP contribution in [0.1, 0.15) is 23.2 Å². The average molecular weight is 438 g/mol. The monoisotopic (exact) mass is 438 g/mol. The van der Waals surface area contributed by atoms with Crippen molar-refractivity contribution in [1.82, 2.24) is 20.0 Å². The lowest BCUT2D eigenvalue weighted by Gasteiger charge is -2.34. The van der Waals surface area contributed by atoms with Gasteiger partial charge in [0.1, 0.15) is 5.82 Å². The summed E-state index contributed by atoms with van der Waals surface area (Å²) < 4.78 is 10.3. The number of nitro benzene ring substituents is 1. The van der Waals surface area contributed by atoms with Crippen LogP contribution < -0.4 is 4.90 Å². The molecular weight excluding hydrogens is 416 g/mol. The largest absolute Gasteiger partial charge is 0.462 e. The Hall–Kier alpha value is -3.86. The molecule has 1 aliphatic rings. The highest BCUT2D eigenvalue weighted by atomic mass is 16.6. The van der Waals surface area contributed by atoms with E-state index in [2.05, 4.69) is 24.9 Å². The highest BCUT2D eigenvalue weighted by Gasteiger charge is 2.21. The number of pyridine rings is 1. The molecule has 1 aromatic carbocycles. The zero-order valence-electron chi connectivity index (χ0n) is 17.5. The zero-order chi connectivity index (χ0) is 22.5. The van der Waals surface area contributed by atoms with Crippen molar-refractivity contribution in [3.63, 3.8) is 0 Å². The van der Waals surface area contributed by atoms with Crippen LogP contribution in [0.25, 0.3) is 11.4 Å². The van der Waals surface area contributed by atoms with Gasteiger partial charge in [0.15, 0.2) is 0 Å². The van der Waals surface area contributed by atoms with E-state index in [1.807, 2.05) is 6.07 Å². The number of benzene rings is 1. The Labute approximate surface area is 183 Å². The van der Waals surface area contributed by atoms with Crippen molar-refractivity contribution in [2.24, 2.45) is 0 Å². The van der Waals surface area contributed by atoms with Gasteiger partial charge >= 0.3 is 5.97 Å². The number of carbonyl (C=O) groups excluding carboxylic acids is 1. The first kappa shape index (κ1) is 21.4. The summed E-state index contributed by atoms with van der Waals surface area (Å²) in [5.41, 5.74) is 1.11. The third-order valence-corrected chi connectivity index (χ3v) is 5.12. The van der Waals surface area contributed by atoms with Crippen LogP contribution in [-0.4, -0.2) is 63.7 Å². The summed E-state index contributed by atoms with van der Waals surface area (Å²) in [4.78, 5) is 35.2. The van der Waals surface area contributed by atoms with Gasteiger partial charge in [0.2, 0.25) is 11.7 Å². The highest BCUT2D eigenvalue weighted by molar-refractivity contribution is 5.89. The molecule has 1 fully saturated rings. The van der Waals surface area contributed by atoms with Crippen molar-refractivity contribution in [1.29, 1.82) is 0 Å². The number of nitrogens with zero attached hydrogens (tertiary/aromatic N) is 6. The second-order valence-corrected chi connectivity index (χ2v) is 7.20. The SMILES string of the molecule is CCOC(=O)c1ccc(N2CCN(Cc3nc(-c4ccc([N+](=O)[O-])cc4)no3)CC2)nc1. The van der Waals surface area contributed by atoms with Gasteiger partial charge in [-0.05, 0) is 31.2 Å². The van der Waals surface area contributed by atoms with E-state index in [0.29, 0.717) is 36.0 Å². The van der Waals surface area contributed by atoms with Gasteiger partial charge in [0.05, 0.1) is 23.6 Å². The minimum Gasteiger partial charge on any atom is -0.462 e. The topological polar surface area (TPSA) is 128 Å². The minimum atomic E-state index is -0.449. The summed E-state index contributed by atoms with van der Waals surface area (Å²) in [6.45, 7) is 5.74. The van der Waals surface area contributed by atoms with E-state index in [-0.39, 0.29) is 11.7 Å². The Morgan fingerprint density at radius 2 is 1.91 bits per heavy atom. The van der Waals surface area contributed by atoms with E-state index in [1.54, 1.807) is 25.1 Å². The first-order valence-electron chi connectivity index (χ1n) is 10.2. The Morgan fingerprint density at radius 3 is 2.53 bits per heavy atom. The van der Waals surface area contributed by atoms with E-state index in [0.717, 1.165) is 32.0 Å². The number of ether oxygens (including phenoxy) is 1. The number of piperazine rings is 1. The number of anilines is 1. The van der Waals surface area contributed by atoms with Crippen LogP contribution in [0.15, 0.2) is 47.1 Å². The Balaban J connectivity index is 1.31. The van der Waals surface area contributed by atoms with E-state index >= 15 is 0 Å². The normalized spacial score (nSPS) is 14.3. The quantitative estimate of drug-likeness (QED) is 0.308. The highest BCUT2D eigenvalue weighted by Crippen LogP contribution is 2.21. The van der Waals surface area contributed by atoms with Gasteiger partial charge in [0, 0.05) is 50.1 Å². The van der Waals surface area contributed by atoms with Gasteiger partial charge in [0.25, 0.3) is 5.69 Å². The fourth-order valence-corrected chi connectivity index (χ4v) is 3.40. The number of aromatic nitrogens is 3. The van der Waals surface area contributed by atoms with Crippen LogP contribution in [0.3, 0.4) is 0 Å². The second kappa shape index (κ2) is 9.52. The summed E-state index contributed by atoms with van der Waals surface area (Å²) in [6.07, 6.45) is 1.54. The molecule has 0 radical (unpaired) electrons. The Morgan fingerprint density at radius 1 is 1.16 bits per heavy atom. The number of non-ortho nitro benzene ring substituents is 1. The van der Waals surface area contributed by atoms with Crippen molar-refractivity contribution in [2.75, 3.05) is 37.7 Å². The lowest BCUT2D eigenvalue weighted by Crippen LogP contribution is -2.46. The van der Waals surface area contributed by atoms with Crippen molar-refractivity contribution in [3.8, 4) is 11.4 Å². The molecule has 3 aromatic rings. The number of hydrogen-bond acceptors (Lipinski definition) is 10. The summed E-state index contributed by atoms with van der Waals surface area (Å²) in [5, 5.41) is 14.8. The molecule has 1 aliphatic heterocycles. The molecule has 1 saturated heterocycles. The third-order valence-electron chi connectivity index (χ3n) is 5.12. The maximum absolute atomic E-state index is 11.8. The van der Waals surface area contributed by atoms with Crippen LogP contribution in [0.5, 0.6) is 0 Å². The number of rotatable bonds is 7. The zero-order valence-corrected chi connectivity index (χ0v) is 17.5. The second-order valence-electron chi connectivity index (χ2n) is 7.20. The van der Waals surface area contributed by atoms with Gasteiger partial charge < -0.3 is 14.2 Å². The maximum atomic E-state index is 11.8. The first-order chi connectivity index (χ1) is 15.5. The van der Waals surface area contributed by atoms with Gasteiger partial charge in [-0.1, -0.05) is 5.16 Å². The number of hydrogen-bond donors (Lipinski definition) is 0. The molecule has 2 aromatic heterocycles. The molecule has 11 heteroatoms. The molecule has 0 unspecified atom stereocenters. The van der Waals surface area contributed by atoms with E-state index < -0.39 is 4.92 Å². The summed E-state index contributed by atoms with van der Waals surface area (Å²) in [7, 11) is 0. The molecule has 0 atom stereocenters. The summed E-state index contributed by atoms with van der Waals surface area (Å²) in [6, 6.07) is 9.59. The van der Waals surface area contributed by atoms with Crippen LogP contribution in [-0.2, 0) is 11.3 Å². The maximum Gasteiger partial charge on any atom is 0.339 e.